The first-order valence-corrected chi connectivity index (χ1v) is 11.4. The van der Waals surface area contributed by atoms with Crippen molar-refractivity contribution in [2.24, 2.45) is 0 Å². The number of rotatable bonds is 6. The van der Waals surface area contributed by atoms with E-state index in [-0.39, 0.29) is 18.3 Å². The van der Waals surface area contributed by atoms with E-state index in [1.807, 2.05) is 25.3 Å². The lowest BCUT2D eigenvalue weighted by Gasteiger charge is -2.13. The van der Waals surface area contributed by atoms with E-state index in [1.54, 1.807) is 35.3 Å². The number of nitrogen functional groups attached to an aromatic ring is 1. The van der Waals surface area contributed by atoms with Crippen LogP contribution >= 0.6 is 0 Å². The molecule has 0 spiro atoms. The Kier molecular flexibility index (Phi) is 5.99. The zero-order valence-corrected chi connectivity index (χ0v) is 19.5. The Hall–Kier alpha value is -4.15. The Morgan fingerprint density at radius 1 is 1.17 bits per heavy atom. The normalized spacial score (nSPS) is 15.2. The molecule has 0 fully saturated rings. The molecule has 11 heteroatoms. The highest BCUT2D eigenvalue weighted by Crippen LogP contribution is 2.34. The SMILES string of the molecule is Cc1cnn(Cc2ccc(Cn3nc(C(=O)N[C@@H]4CCc5c4ccnc5N)cc3C(F)(F)F)cc2)c1. The van der Waals surface area contributed by atoms with Crippen LogP contribution in [0.4, 0.5) is 19.0 Å². The first-order chi connectivity index (χ1) is 17.2. The first kappa shape index (κ1) is 23.6. The number of nitrogens with one attached hydrogen (secondary N) is 1. The molecule has 3 aromatic heterocycles. The second-order valence-corrected chi connectivity index (χ2v) is 8.93. The van der Waals surface area contributed by atoms with E-state index in [1.165, 1.54) is 0 Å². The molecule has 0 saturated carbocycles. The van der Waals surface area contributed by atoms with Crippen LogP contribution in [-0.2, 0) is 25.7 Å². The van der Waals surface area contributed by atoms with E-state index in [2.05, 4.69) is 20.5 Å². The number of anilines is 1. The monoisotopic (exact) mass is 495 g/mol. The molecule has 0 aliphatic heterocycles. The molecule has 1 aliphatic rings. The molecular formula is C25H24F3N7O. The molecule has 186 valence electrons. The topological polar surface area (TPSA) is 104 Å². The molecule has 3 N–H and O–H groups in total. The summed E-state index contributed by atoms with van der Waals surface area (Å²) in [5.41, 5.74) is 8.95. The second-order valence-electron chi connectivity index (χ2n) is 8.93. The van der Waals surface area contributed by atoms with Gasteiger partial charge in [0.05, 0.1) is 25.3 Å². The summed E-state index contributed by atoms with van der Waals surface area (Å²) in [5.74, 6) is -0.268. The van der Waals surface area contributed by atoms with Gasteiger partial charge in [-0.3, -0.25) is 14.2 Å². The fourth-order valence-corrected chi connectivity index (χ4v) is 4.49. The molecule has 3 heterocycles. The third-order valence-electron chi connectivity index (χ3n) is 6.25. The van der Waals surface area contributed by atoms with Gasteiger partial charge in [-0.05, 0) is 53.6 Å². The predicted molar refractivity (Wildman–Crippen MR) is 126 cm³/mol. The van der Waals surface area contributed by atoms with E-state index < -0.39 is 17.8 Å². The summed E-state index contributed by atoms with van der Waals surface area (Å²) in [4.78, 5) is 16.9. The van der Waals surface area contributed by atoms with Gasteiger partial charge in [-0.15, -0.1) is 0 Å². The Balaban J connectivity index is 1.33. The lowest BCUT2D eigenvalue weighted by atomic mass is 10.1. The van der Waals surface area contributed by atoms with Crippen LogP contribution < -0.4 is 11.1 Å². The van der Waals surface area contributed by atoms with Crippen LogP contribution in [0.3, 0.4) is 0 Å². The summed E-state index contributed by atoms with van der Waals surface area (Å²) < 4.78 is 43.9. The smallest absolute Gasteiger partial charge is 0.383 e. The van der Waals surface area contributed by atoms with Gasteiger partial charge in [0, 0.05) is 18.5 Å². The minimum atomic E-state index is -4.66. The van der Waals surface area contributed by atoms with Crippen LogP contribution in [0.5, 0.6) is 0 Å². The largest absolute Gasteiger partial charge is 0.433 e. The van der Waals surface area contributed by atoms with E-state index in [0.29, 0.717) is 30.8 Å². The zero-order chi connectivity index (χ0) is 25.4. The Bertz CT molecular complexity index is 1410. The molecule has 8 nitrogen and oxygen atoms in total. The summed E-state index contributed by atoms with van der Waals surface area (Å²) in [5, 5.41) is 11.0. The number of nitrogens with two attached hydrogens (primary N) is 1. The van der Waals surface area contributed by atoms with E-state index in [4.69, 9.17) is 5.73 Å². The summed E-state index contributed by atoms with van der Waals surface area (Å²) >= 11 is 0. The van der Waals surface area contributed by atoms with Gasteiger partial charge in [0.15, 0.2) is 5.69 Å². The van der Waals surface area contributed by atoms with Crippen LogP contribution in [0.15, 0.2) is 55.0 Å². The van der Waals surface area contributed by atoms with Crippen molar-refractivity contribution in [2.75, 3.05) is 5.73 Å². The molecule has 1 aliphatic carbocycles. The molecule has 0 saturated heterocycles. The minimum Gasteiger partial charge on any atom is -0.383 e. The maximum Gasteiger partial charge on any atom is 0.433 e. The number of halogens is 3. The number of pyridine rings is 1. The molecule has 1 aromatic carbocycles. The number of hydrogen-bond donors (Lipinski definition) is 2. The van der Waals surface area contributed by atoms with Crippen LogP contribution in [0, 0.1) is 6.92 Å². The highest BCUT2D eigenvalue weighted by Gasteiger charge is 2.37. The van der Waals surface area contributed by atoms with E-state index in [9.17, 15) is 18.0 Å². The van der Waals surface area contributed by atoms with Crippen molar-refractivity contribution < 1.29 is 18.0 Å². The summed E-state index contributed by atoms with van der Waals surface area (Å²) in [6.45, 7) is 2.38. The molecule has 5 rings (SSSR count). The van der Waals surface area contributed by atoms with Crippen molar-refractivity contribution >= 4 is 11.7 Å². The standard InChI is InChI=1S/C25H24F3N7O/c1-15-11-31-34(12-15)13-16-2-4-17(5-3-16)14-35-22(25(26,27)28)10-21(33-35)24(36)32-20-7-6-19-18(20)8-9-30-23(19)29/h2-5,8-12,20H,6-7,13-14H2,1H3,(H2,29,30)(H,32,36)/t20-/m1/s1. The Morgan fingerprint density at radius 2 is 1.89 bits per heavy atom. The van der Waals surface area contributed by atoms with Crippen LogP contribution in [0.1, 0.15) is 56.5 Å². The Morgan fingerprint density at radius 3 is 2.56 bits per heavy atom. The maximum atomic E-state index is 13.8. The molecule has 1 atom stereocenters. The lowest BCUT2D eigenvalue weighted by Crippen LogP contribution is -2.27. The number of aryl methyl sites for hydroxylation is 1. The number of hydrogen-bond acceptors (Lipinski definition) is 5. The quantitative estimate of drug-likeness (QED) is 0.422. The number of carbonyl (C=O) groups is 1. The van der Waals surface area contributed by atoms with Gasteiger partial charge in [0.2, 0.25) is 0 Å². The van der Waals surface area contributed by atoms with Gasteiger partial charge in [-0.1, -0.05) is 24.3 Å². The molecule has 36 heavy (non-hydrogen) atoms. The number of fused-ring (bicyclic) bond motifs is 1. The van der Waals surface area contributed by atoms with Gasteiger partial charge in [0.25, 0.3) is 5.91 Å². The second kappa shape index (κ2) is 9.14. The van der Waals surface area contributed by atoms with Crippen LogP contribution in [0.25, 0.3) is 0 Å². The predicted octanol–water partition coefficient (Wildman–Crippen LogP) is 3.90. The fraction of sp³-hybridized carbons (Fsp3) is 0.280. The molecular weight excluding hydrogens is 471 g/mol. The maximum absolute atomic E-state index is 13.8. The third kappa shape index (κ3) is 4.81. The number of nitrogens with zero attached hydrogens (tertiary/aromatic N) is 5. The van der Waals surface area contributed by atoms with Gasteiger partial charge in [-0.25, -0.2) is 4.98 Å². The van der Waals surface area contributed by atoms with Gasteiger partial charge >= 0.3 is 6.18 Å². The van der Waals surface area contributed by atoms with E-state index in [0.717, 1.165) is 33.0 Å². The van der Waals surface area contributed by atoms with Crippen LogP contribution in [0.2, 0.25) is 0 Å². The lowest BCUT2D eigenvalue weighted by molar-refractivity contribution is -0.144. The first-order valence-electron chi connectivity index (χ1n) is 11.4. The van der Waals surface area contributed by atoms with Gasteiger partial charge < -0.3 is 11.1 Å². The van der Waals surface area contributed by atoms with Crippen molar-refractivity contribution in [1.82, 2.24) is 29.9 Å². The van der Waals surface area contributed by atoms with Crippen LogP contribution in [-0.4, -0.2) is 30.5 Å². The molecule has 0 radical (unpaired) electrons. The third-order valence-corrected chi connectivity index (χ3v) is 6.25. The van der Waals surface area contributed by atoms with Crippen molar-refractivity contribution in [3.05, 3.63) is 94.2 Å². The summed E-state index contributed by atoms with van der Waals surface area (Å²) in [6, 6.07) is 9.39. The van der Waals surface area contributed by atoms with Crippen molar-refractivity contribution in [3.63, 3.8) is 0 Å². The Labute approximate surface area is 204 Å². The number of carbonyl (C=O) groups excluding carboxylic acids is 1. The number of alkyl halides is 3. The van der Waals surface area contributed by atoms with E-state index >= 15 is 0 Å². The summed E-state index contributed by atoms with van der Waals surface area (Å²) in [7, 11) is 0. The van der Waals surface area contributed by atoms with Crippen molar-refractivity contribution in [3.8, 4) is 0 Å². The minimum absolute atomic E-state index is 0.127. The van der Waals surface area contributed by atoms with Gasteiger partial charge in [0.1, 0.15) is 11.5 Å². The summed E-state index contributed by atoms with van der Waals surface area (Å²) in [6.07, 6.45) is 1.79. The molecule has 0 bridgehead atoms. The van der Waals surface area contributed by atoms with Crippen molar-refractivity contribution in [1.29, 1.82) is 0 Å². The molecule has 0 unspecified atom stereocenters. The number of amides is 1. The fourth-order valence-electron chi connectivity index (χ4n) is 4.49. The average Bonchev–Trinajstić information content (AvgIpc) is 3.54. The van der Waals surface area contributed by atoms with Gasteiger partial charge in [-0.2, -0.15) is 23.4 Å². The average molecular weight is 496 g/mol. The molecule has 4 aromatic rings. The number of aromatic nitrogens is 5. The highest BCUT2D eigenvalue weighted by atomic mass is 19.4. The zero-order valence-electron chi connectivity index (χ0n) is 19.5. The number of benzene rings is 1. The highest BCUT2D eigenvalue weighted by molar-refractivity contribution is 5.92. The molecule has 1 amide bonds. The van der Waals surface area contributed by atoms with Crippen molar-refractivity contribution in [2.45, 2.75) is 45.1 Å².